The lowest BCUT2D eigenvalue weighted by Gasteiger charge is -2.17. The van der Waals surface area contributed by atoms with Crippen molar-refractivity contribution in [2.75, 3.05) is 0 Å². The first-order valence-electron chi connectivity index (χ1n) is 6.34. The van der Waals surface area contributed by atoms with Gasteiger partial charge in [0.2, 0.25) is 0 Å². The van der Waals surface area contributed by atoms with Gasteiger partial charge in [-0.1, -0.05) is 19.1 Å². The second kappa shape index (κ2) is 4.39. The molecule has 2 aromatic rings. The molecule has 17 heavy (non-hydrogen) atoms. The minimum atomic E-state index is 0.267. The Balaban J connectivity index is 1.75. The van der Waals surface area contributed by atoms with Crippen LogP contribution in [0.4, 0.5) is 0 Å². The quantitative estimate of drug-likeness (QED) is 0.899. The zero-order chi connectivity index (χ0) is 11.8. The van der Waals surface area contributed by atoms with E-state index >= 15 is 0 Å². The number of aromatic nitrogens is 1. The molecule has 1 fully saturated rings. The zero-order valence-corrected chi connectivity index (χ0v) is 10.9. The average Bonchev–Trinajstić information content (AvgIpc) is 3.08. The van der Waals surface area contributed by atoms with E-state index in [1.165, 1.54) is 22.5 Å². The first-order valence-corrected chi connectivity index (χ1v) is 7.15. The molecule has 2 unspecified atom stereocenters. The number of thiazole rings is 1. The third kappa shape index (κ3) is 2.35. The Kier molecular flexibility index (Phi) is 2.89. The first-order chi connectivity index (χ1) is 8.24. The van der Waals surface area contributed by atoms with Gasteiger partial charge in [0.15, 0.2) is 0 Å². The van der Waals surface area contributed by atoms with Gasteiger partial charge in [0, 0.05) is 12.5 Å². The highest BCUT2D eigenvalue weighted by atomic mass is 32.1. The maximum atomic E-state index is 6.28. The van der Waals surface area contributed by atoms with E-state index in [-0.39, 0.29) is 6.04 Å². The number of hydrogen-bond donors (Lipinski definition) is 1. The van der Waals surface area contributed by atoms with E-state index in [1.807, 2.05) is 6.07 Å². The first kappa shape index (κ1) is 11.2. The second-order valence-corrected chi connectivity index (χ2v) is 6.26. The lowest BCUT2D eigenvalue weighted by atomic mass is 9.95. The molecule has 0 amide bonds. The molecule has 1 aromatic carbocycles. The van der Waals surface area contributed by atoms with E-state index in [2.05, 4.69) is 30.1 Å². The van der Waals surface area contributed by atoms with Gasteiger partial charge in [0.25, 0.3) is 0 Å². The van der Waals surface area contributed by atoms with E-state index in [9.17, 15) is 0 Å². The maximum Gasteiger partial charge on any atom is 0.0954 e. The molecular formula is C14H18N2S. The van der Waals surface area contributed by atoms with Crippen LogP contribution in [0.2, 0.25) is 0 Å². The summed E-state index contributed by atoms with van der Waals surface area (Å²) in [5, 5.41) is 1.19. The number of fused-ring (bicyclic) bond motifs is 1. The Morgan fingerprint density at radius 2 is 2.18 bits per heavy atom. The topological polar surface area (TPSA) is 38.9 Å². The summed E-state index contributed by atoms with van der Waals surface area (Å²) in [7, 11) is 0. The number of nitrogens with zero attached hydrogens (tertiary/aromatic N) is 1. The molecule has 3 heteroatoms. The number of rotatable bonds is 4. The summed E-state index contributed by atoms with van der Waals surface area (Å²) in [6.07, 6.45) is 3.67. The van der Waals surface area contributed by atoms with E-state index < -0.39 is 0 Å². The molecule has 0 saturated heterocycles. The molecule has 2 nitrogen and oxygen atoms in total. The number of hydrogen-bond acceptors (Lipinski definition) is 3. The zero-order valence-electron chi connectivity index (χ0n) is 10.1. The Labute approximate surface area is 106 Å². The molecule has 0 spiro atoms. The molecule has 1 aliphatic rings. The summed E-state index contributed by atoms with van der Waals surface area (Å²) in [4.78, 5) is 4.65. The van der Waals surface area contributed by atoms with Gasteiger partial charge in [-0.15, -0.1) is 11.3 Å². The van der Waals surface area contributed by atoms with Gasteiger partial charge >= 0.3 is 0 Å². The fraction of sp³-hybridized carbons (Fsp3) is 0.500. The van der Waals surface area contributed by atoms with Gasteiger partial charge in [-0.05, 0) is 36.8 Å². The monoisotopic (exact) mass is 246 g/mol. The highest BCUT2D eigenvalue weighted by Crippen LogP contribution is 2.38. The molecule has 0 radical (unpaired) electrons. The van der Waals surface area contributed by atoms with Crippen LogP contribution in [-0.2, 0) is 6.42 Å². The van der Waals surface area contributed by atoms with Crippen LogP contribution in [0.5, 0.6) is 0 Å². The molecule has 1 aliphatic carbocycles. The fourth-order valence-corrected chi connectivity index (χ4v) is 3.40. The van der Waals surface area contributed by atoms with Crippen molar-refractivity contribution in [3.8, 4) is 0 Å². The molecular weight excluding hydrogens is 228 g/mol. The molecule has 1 saturated carbocycles. The summed E-state index contributed by atoms with van der Waals surface area (Å²) in [6, 6.07) is 8.58. The van der Waals surface area contributed by atoms with Gasteiger partial charge in [0.05, 0.1) is 15.2 Å². The lowest BCUT2D eigenvalue weighted by molar-refractivity contribution is 0.404. The molecule has 0 bridgehead atoms. The van der Waals surface area contributed by atoms with E-state index in [0.717, 1.165) is 17.9 Å². The van der Waals surface area contributed by atoms with Crippen LogP contribution in [0, 0.1) is 11.8 Å². The van der Waals surface area contributed by atoms with Crippen LogP contribution in [0.3, 0.4) is 0 Å². The minimum Gasteiger partial charge on any atom is -0.327 e. The number of benzene rings is 1. The average molecular weight is 246 g/mol. The molecule has 90 valence electrons. The van der Waals surface area contributed by atoms with Crippen LogP contribution in [0.15, 0.2) is 24.3 Å². The Morgan fingerprint density at radius 3 is 2.88 bits per heavy atom. The van der Waals surface area contributed by atoms with Gasteiger partial charge in [0.1, 0.15) is 0 Å². The third-order valence-electron chi connectivity index (χ3n) is 3.79. The predicted octanol–water partition coefficient (Wildman–Crippen LogP) is 3.21. The number of nitrogens with two attached hydrogens (primary N) is 1. The summed E-state index contributed by atoms with van der Waals surface area (Å²) < 4.78 is 1.27. The van der Waals surface area contributed by atoms with Gasteiger partial charge < -0.3 is 5.73 Å². The Hall–Kier alpha value is -0.930. The maximum absolute atomic E-state index is 6.28. The van der Waals surface area contributed by atoms with Crippen molar-refractivity contribution in [2.24, 2.45) is 17.6 Å². The van der Waals surface area contributed by atoms with Gasteiger partial charge in [-0.2, -0.15) is 0 Å². The van der Waals surface area contributed by atoms with Gasteiger partial charge in [-0.3, -0.25) is 0 Å². The SMILES string of the molecule is CC(C(N)Cc1nc2ccccc2s1)C1CC1. The standard InChI is InChI=1S/C14H18N2S/c1-9(10-6-7-10)11(15)8-14-16-12-4-2-3-5-13(12)17-14/h2-5,9-11H,6-8,15H2,1H3. The van der Waals surface area contributed by atoms with Crippen molar-refractivity contribution in [3.05, 3.63) is 29.3 Å². The predicted molar refractivity (Wildman–Crippen MR) is 73.2 cm³/mol. The normalized spacial score (nSPS) is 19.4. The number of para-hydroxylation sites is 1. The van der Waals surface area contributed by atoms with Crippen molar-refractivity contribution in [3.63, 3.8) is 0 Å². The summed E-state index contributed by atoms with van der Waals surface area (Å²) in [5.74, 6) is 1.52. The fourth-order valence-electron chi connectivity index (χ4n) is 2.37. The van der Waals surface area contributed by atoms with Crippen LogP contribution in [0.1, 0.15) is 24.8 Å². The summed E-state index contributed by atoms with van der Waals surface area (Å²) in [5.41, 5.74) is 7.39. The smallest absolute Gasteiger partial charge is 0.0954 e. The third-order valence-corrected chi connectivity index (χ3v) is 4.85. The van der Waals surface area contributed by atoms with Crippen molar-refractivity contribution in [1.29, 1.82) is 0 Å². The van der Waals surface area contributed by atoms with Crippen LogP contribution >= 0.6 is 11.3 Å². The Bertz CT molecular complexity index is 483. The molecule has 2 atom stereocenters. The second-order valence-electron chi connectivity index (χ2n) is 5.14. The van der Waals surface area contributed by atoms with Crippen molar-refractivity contribution in [2.45, 2.75) is 32.2 Å². The van der Waals surface area contributed by atoms with Crippen molar-refractivity contribution >= 4 is 21.6 Å². The van der Waals surface area contributed by atoms with Gasteiger partial charge in [-0.25, -0.2) is 4.98 Å². The van der Waals surface area contributed by atoms with Crippen LogP contribution in [-0.4, -0.2) is 11.0 Å². The van der Waals surface area contributed by atoms with Crippen molar-refractivity contribution in [1.82, 2.24) is 4.98 Å². The van der Waals surface area contributed by atoms with E-state index in [1.54, 1.807) is 11.3 Å². The lowest BCUT2D eigenvalue weighted by Crippen LogP contribution is -2.31. The van der Waals surface area contributed by atoms with Crippen LogP contribution < -0.4 is 5.73 Å². The Morgan fingerprint density at radius 1 is 1.41 bits per heavy atom. The molecule has 0 aliphatic heterocycles. The highest BCUT2D eigenvalue weighted by molar-refractivity contribution is 7.18. The summed E-state index contributed by atoms with van der Waals surface area (Å²) >= 11 is 1.78. The van der Waals surface area contributed by atoms with E-state index in [0.29, 0.717) is 5.92 Å². The largest absolute Gasteiger partial charge is 0.327 e. The van der Waals surface area contributed by atoms with Crippen molar-refractivity contribution < 1.29 is 0 Å². The molecule has 1 aromatic heterocycles. The highest BCUT2D eigenvalue weighted by Gasteiger charge is 2.31. The summed E-state index contributed by atoms with van der Waals surface area (Å²) in [6.45, 7) is 2.29. The van der Waals surface area contributed by atoms with Crippen LogP contribution in [0.25, 0.3) is 10.2 Å². The van der Waals surface area contributed by atoms with E-state index in [4.69, 9.17) is 5.73 Å². The minimum absolute atomic E-state index is 0.267. The molecule has 3 rings (SSSR count). The molecule has 2 N–H and O–H groups in total. The molecule has 1 heterocycles.